The maximum atomic E-state index is 11.8. The fourth-order valence-corrected chi connectivity index (χ4v) is 2.04. The highest BCUT2D eigenvalue weighted by atomic mass is 35.5. The summed E-state index contributed by atoms with van der Waals surface area (Å²) in [6, 6.07) is 7.10. The lowest BCUT2D eigenvalue weighted by atomic mass is 10.3. The summed E-state index contributed by atoms with van der Waals surface area (Å²) >= 11 is 7.28. The lowest BCUT2D eigenvalue weighted by Crippen LogP contribution is -2.11. The third-order valence-electron chi connectivity index (χ3n) is 1.94. The Balaban J connectivity index is 2.17. The predicted octanol–water partition coefficient (Wildman–Crippen LogP) is 3.36. The topological polar surface area (TPSA) is 42.0 Å². The molecule has 0 spiro atoms. The second-order valence-electron chi connectivity index (χ2n) is 3.21. The molecule has 1 N–H and O–H groups in total. The van der Waals surface area contributed by atoms with E-state index in [1.165, 1.54) is 11.3 Å². The highest BCUT2D eigenvalue weighted by Crippen LogP contribution is 2.21. The number of hydrogen-bond acceptors (Lipinski definition) is 3. The molecule has 2 rings (SSSR count). The van der Waals surface area contributed by atoms with E-state index < -0.39 is 0 Å². The Morgan fingerprint density at radius 1 is 1.44 bits per heavy atom. The molecule has 0 fully saturated rings. The lowest BCUT2D eigenvalue weighted by molar-refractivity contribution is 0.102. The van der Waals surface area contributed by atoms with E-state index in [0.29, 0.717) is 15.7 Å². The quantitative estimate of drug-likeness (QED) is 0.891. The van der Waals surface area contributed by atoms with Crippen molar-refractivity contribution in [2.45, 2.75) is 6.92 Å². The molecular formula is C11H9ClN2OS. The van der Waals surface area contributed by atoms with Crippen LogP contribution in [0.5, 0.6) is 0 Å². The number of para-hydroxylation sites is 1. The summed E-state index contributed by atoms with van der Waals surface area (Å²) in [5.41, 5.74) is 0.599. The molecule has 0 bridgehead atoms. The van der Waals surface area contributed by atoms with Gasteiger partial charge in [0.15, 0.2) is 5.01 Å². The zero-order valence-corrected chi connectivity index (χ0v) is 10.1. The molecule has 16 heavy (non-hydrogen) atoms. The Labute approximate surface area is 102 Å². The molecule has 0 aliphatic rings. The van der Waals surface area contributed by atoms with E-state index in [4.69, 9.17) is 11.6 Å². The van der Waals surface area contributed by atoms with Crippen molar-refractivity contribution in [1.29, 1.82) is 0 Å². The van der Waals surface area contributed by atoms with Gasteiger partial charge in [-0.05, 0) is 19.1 Å². The zero-order valence-electron chi connectivity index (χ0n) is 8.53. The minimum Gasteiger partial charge on any atom is -0.319 e. The summed E-state index contributed by atoms with van der Waals surface area (Å²) in [6.07, 6.45) is 1.67. The first-order valence-electron chi connectivity index (χ1n) is 4.65. The largest absolute Gasteiger partial charge is 0.319 e. The van der Waals surface area contributed by atoms with E-state index in [-0.39, 0.29) is 5.91 Å². The average Bonchev–Trinajstić information content (AvgIpc) is 2.68. The van der Waals surface area contributed by atoms with Crippen LogP contribution in [0.3, 0.4) is 0 Å². The van der Waals surface area contributed by atoms with Gasteiger partial charge in [-0.3, -0.25) is 4.79 Å². The van der Waals surface area contributed by atoms with Crippen LogP contribution >= 0.6 is 22.9 Å². The minimum atomic E-state index is -0.230. The SMILES string of the molecule is Cc1cnc(C(=O)Nc2ccccc2Cl)s1. The second kappa shape index (κ2) is 4.63. The van der Waals surface area contributed by atoms with Crippen molar-refractivity contribution in [2.75, 3.05) is 5.32 Å². The van der Waals surface area contributed by atoms with Crippen LogP contribution in [0, 0.1) is 6.92 Å². The molecule has 1 heterocycles. The maximum absolute atomic E-state index is 11.8. The van der Waals surface area contributed by atoms with Crippen molar-refractivity contribution < 1.29 is 4.79 Å². The van der Waals surface area contributed by atoms with Crippen LogP contribution in [0.15, 0.2) is 30.5 Å². The molecule has 0 atom stereocenters. The molecule has 2 aromatic rings. The predicted molar refractivity (Wildman–Crippen MR) is 66.3 cm³/mol. The maximum Gasteiger partial charge on any atom is 0.284 e. The fraction of sp³-hybridized carbons (Fsp3) is 0.0909. The molecule has 0 unspecified atom stereocenters. The molecule has 0 saturated heterocycles. The van der Waals surface area contributed by atoms with Gasteiger partial charge in [-0.25, -0.2) is 4.98 Å². The van der Waals surface area contributed by atoms with Gasteiger partial charge < -0.3 is 5.32 Å². The van der Waals surface area contributed by atoms with Gasteiger partial charge in [0, 0.05) is 11.1 Å². The number of thiazole rings is 1. The molecule has 1 aromatic heterocycles. The van der Waals surface area contributed by atoms with Crippen molar-refractivity contribution in [1.82, 2.24) is 4.98 Å². The first-order valence-corrected chi connectivity index (χ1v) is 5.84. The molecule has 1 amide bonds. The number of benzene rings is 1. The lowest BCUT2D eigenvalue weighted by Gasteiger charge is -2.04. The fourth-order valence-electron chi connectivity index (χ4n) is 1.20. The van der Waals surface area contributed by atoms with Gasteiger partial charge in [0.05, 0.1) is 10.7 Å². The summed E-state index contributed by atoms with van der Waals surface area (Å²) in [4.78, 5) is 16.8. The van der Waals surface area contributed by atoms with Crippen molar-refractivity contribution >= 4 is 34.5 Å². The van der Waals surface area contributed by atoms with Crippen molar-refractivity contribution in [3.63, 3.8) is 0 Å². The average molecular weight is 253 g/mol. The second-order valence-corrected chi connectivity index (χ2v) is 4.85. The highest BCUT2D eigenvalue weighted by Gasteiger charge is 2.11. The van der Waals surface area contributed by atoms with E-state index in [0.717, 1.165) is 4.88 Å². The molecular weight excluding hydrogens is 244 g/mol. The molecule has 5 heteroatoms. The number of anilines is 1. The number of carbonyl (C=O) groups excluding carboxylic acids is 1. The van der Waals surface area contributed by atoms with Crippen molar-refractivity contribution in [3.05, 3.63) is 45.4 Å². The Kier molecular flexibility index (Phi) is 3.22. The smallest absolute Gasteiger partial charge is 0.284 e. The monoisotopic (exact) mass is 252 g/mol. The van der Waals surface area contributed by atoms with Crippen LogP contribution in [-0.2, 0) is 0 Å². The van der Waals surface area contributed by atoms with Crippen LogP contribution in [0.1, 0.15) is 14.7 Å². The molecule has 82 valence electrons. The summed E-state index contributed by atoms with van der Waals surface area (Å²) in [7, 11) is 0. The van der Waals surface area contributed by atoms with Gasteiger partial charge in [0.2, 0.25) is 0 Å². The van der Waals surface area contributed by atoms with E-state index in [2.05, 4.69) is 10.3 Å². The van der Waals surface area contributed by atoms with Crippen LogP contribution in [0.25, 0.3) is 0 Å². The summed E-state index contributed by atoms with van der Waals surface area (Å²) in [5.74, 6) is -0.230. The Hall–Kier alpha value is -1.39. The standard InChI is InChI=1S/C11H9ClN2OS/c1-7-6-13-11(16-7)10(15)14-9-5-3-2-4-8(9)12/h2-6H,1H3,(H,14,15). The normalized spacial score (nSPS) is 10.1. The van der Waals surface area contributed by atoms with Crippen LogP contribution in [0.4, 0.5) is 5.69 Å². The minimum absolute atomic E-state index is 0.230. The van der Waals surface area contributed by atoms with Gasteiger partial charge in [0.1, 0.15) is 0 Å². The van der Waals surface area contributed by atoms with Crippen LogP contribution < -0.4 is 5.32 Å². The van der Waals surface area contributed by atoms with Crippen LogP contribution in [-0.4, -0.2) is 10.9 Å². The number of hydrogen-bond donors (Lipinski definition) is 1. The first kappa shape index (κ1) is 11.1. The number of halogens is 1. The van der Waals surface area contributed by atoms with Gasteiger partial charge in [-0.1, -0.05) is 23.7 Å². The number of carbonyl (C=O) groups is 1. The van der Waals surface area contributed by atoms with Crippen molar-refractivity contribution in [2.24, 2.45) is 0 Å². The van der Waals surface area contributed by atoms with Gasteiger partial charge in [0.25, 0.3) is 5.91 Å². The number of aromatic nitrogens is 1. The molecule has 3 nitrogen and oxygen atoms in total. The Morgan fingerprint density at radius 2 is 2.19 bits per heavy atom. The highest BCUT2D eigenvalue weighted by molar-refractivity contribution is 7.13. The van der Waals surface area contributed by atoms with Gasteiger partial charge in [-0.2, -0.15) is 0 Å². The van der Waals surface area contributed by atoms with Crippen LogP contribution in [0.2, 0.25) is 5.02 Å². The van der Waals surface area contributed by atoms with E-state index in [1.807, 2.05) is 19.1 Å². The number of rotatable bonds is 2. The third kappa shape index (κ3) is 2.40. The summed E-state index contributed by atoms with van der Waals surface area (Å²) in [5, 5.41) is 3.68. The van der Waals surface area contributed by atoms with Crippen molar-refractivity contribution in [3.8, 4) is 0 Å². The van der Waals surface area contributed by atoms with Gasteiger partial charge in [-0.15, -0.1) is 11.3 Å². The number of amides is 1. The van der Waals surface area contributed by atoms with E-state index in [1.54, 1.807) is 18.3 Å². The van der Waals surface area contributed by atoms with Gasteiger partial charge >= 0.3 is 0 Å². The molecule has 0 aliphatic carbocycles. The number of nitrogens with zero attached hydrogens (tertiary/aromatic N) is 1. The first-order chi connectivity index (χ1) is 7.66. The Morgan fingerprint density at radius 3 is 2.81 bits per heavy atom. The Bertz CT molecular complexity index is 524. The molecule has 1 aromatic carbocycles. The van der Waals surface area contributed by atoms with E-state index in [9.17, 15) is 4.79 Å². The molecule has 0 saturated carbocycles. The summed E-state index contributed by atoms with van der Waals surface area (Å²) in [6.45, 7) is 1.91. The number of aryl methyl sites for hydroxylation is 1. The zero-order chi connectivity index (χ0) is 11.5. The molecule has 0 aliphatic heterocycles. The number of nitrogens with one attached hydrogen (secondary N) is 1. The summed E-state index contributed by atoms with van der Waals surface area (Å²) < 4.78 is 0. The molecule has 0 radical (unpaired) electrons. The van der Waals surface area contributed by atoms with E-state index >= 15 is 0 Å². The third-order valence-corrected chi connectivity index (χ3v) is 3.18.